The molecule has 0 aromatic heterocycles. The molecule has 0 spiro atoms. The Morgan fingerprint density at radius 3 is 2.60 bits per heavy atom. The molecule has 0 amide bonds. The average molecular weight is 211 g/mol. The highest BCUT2D eigenvalue weighted by atomic mass is 16.4. The lowest BCUT2D eigenvalue weighted by Gasteiger charge is -2.50. The lowest BCUT2D eigenvalue weighted by atomic mass is 9.77. The van der Waals surface area contributed by atoms with Crippen LogP contribution in [0.2, 0.25) is 0 Å². The maximum absolute atomic E-state index is 11.0. The Morgan fingerprint density at radius 1 is 1.40 bits per heavy atom. The van der Waals surface area contributed by atoms with Gasteiger partial charge in [0.2, 0.25) is 0 Å². The van der Waals surface area contributed by atoms with Gasteiger partial charge >= 0.3 is 5.97 Å². The third-order valence-electron chi connectivity index (χ3n) is 4.05. The van der Waals surface area contributed by atoms with Crippen LogP contribution < -0.4 is 0 Å². The van der Waals surface area contributed by atoms with E-state index < -0.39 is 11.4 Å². The van der Waals surface area contributed by atoms with Crippen molar-refractivity contribution in [2.75, 3.05) is 13.1 Å². The summed E-state index contributed by atoms with van der Waals surface area (Å²) in [6, 6.07) is 0.654. The number of aliphatic carboxylic acids is 1. The molecule has 15 heavy (non-hydrogen) atoms. The number of carboxylic acids is 1. The second-order valence-electron chi connectivity index (χ2n) is 5.70. The smallest absolute Gasteiger partial charge is 0.311 e. The Bertz CT molecular complexity index is 258. The first kappa shape index (κ1) is 10.9. The molecule has 2 aliphatic rings. The number of hydrogen-bond donors (Lipinski definition) is 1. The van der Waals surface area contributed by atoms with Gasteiger partial charge in [-0.3, -0.25) is 9.69 Å². The van der Waals surface area contributed by atoms with Crippen LogP contribution in [0.4, 0.5) is 0 Å². The van der Waals surface area contributed by atoms with Crippen LogP contribution in [0.15, 0.2) is 0 Å². The Balaban J connectivity index is 1.86. The molecule has 1 N–H and O–H groups in total. The van der Waals surface area contributed by atoms with Gasteiger partial charge in [0, 0.05) is 19.1 Å². The Labute approximate surface area is 91.5 Å². The molecule has 0 aromatic rings. The zero-order valence-corrected chi connectivity index (χ0v) is 9.70. The highest BCUT2D eigenvalue weighted by Gasteiger charge is 2.47. The quantitative estimate of drug-likeness (QED) is 0.759. The fraction of sp³-hybridized carbons (Fsp3) is 0.917. The van der Waals surface area contributed by atoms with Crippen molar-refractivity contribution in [3.05, 3.63) is 0 Å². The zero-order chi connectivity index (χ0) is 11.1. The van der Waals surface area contributed by atoms with Crippen molar-refractivity contribution in [1.82, 2.24) is 4.90 Å². The van der Waals surface area contributed by atoms with E-state index in [4.69, 9.17) is 5.11 Å². The molecule has 1 saturated carbocycles. The summed E-state index contributed by atoms with van der Waals surface area (Å²) in [5.41, 5.74) is -0.472. The third-order valence-corrected chi connectivity index (χ3v) is 4.05. The Hall–Kier alpha value is -0.570. The molecule has 0 radical (unpaired) electrons. The summed E-state index contributed by atoms with van der Waals surface area (Å²) < 4.78 is 0. The molecule has 2 atom stereocenters. The summed E-state index contributed by atoms with van der Waals surface area (Å²) in [5, 5.41) is 9.03. The van der Waals surface area contributed by atoms with Crippen LogP contribution in [-0.2, 0) is 4.79 Å². The van der Waals surface area contributed by atoms with Crippen LogP contribution in [0.1, 0.15) is 39.5 Å². The van der Waals surface area contributed by atoms with E-state index in [1.54, 1.807) is 0 Å². The van der Waals surface area contributed by atoms with Gasteiger partial charge in [-0.1, -0.05) is 19.8 Å². The maximum Gasteiger partial charge on any atom is 0.311 e. The Morgan fingerprint density at radius 2 is 2.07 bits per heavy atom. The van der Waals surface area contributed by atoms with Crippen LogP contribution in [0.25, 0.3) is 0 Å². The maximum atomic E-state index is 11.0. The second-order valence-corrected chi connectivity index (χ2v) is 5.70. The summed E-state index contributed by atoms with van der Waals surface area (Å²) in [4.78, 5) is 13.3. The molecule has 1 aliphatic carbocycles. The predicted molar refractivity (Wildman–Crippen MR) is 58.7 cm³/mol. The van der Waals surface area contributed by atoms with Crippen molar-refractivity contribution in [2.45, 2.75) is 45.6 Å². The summed E-state index contributed by atoms with van der Waals surface area (Å²) in [6.07, 6.45) is 5.18. The number of likely N-dealkylation sites (tertiary alicyclic amines) is 1. The minimum Gasteiger partial charge on any atom is -0.481 e. The first-order chi connectivity index (χ1) is 7.01. The van der Waals surface area contributed by atoms with Crippen LogP contribution in [0.5, 0.6) is 0 Å². The number of nitrogens with zero attached hydrogens (tertiary/aromatic N) is 1. The summed E-state index contributed by atoms with van der Waals surface area (Å²) >= 11 is 0. The lowest BCUT2D eigenvalue weighted by Crippen LogP contribution is -2.62. The van der Waals surface area contributed by atoms with Crippen molar-refractivity contribution in [2.24, 2.45) is 11.3 Å². The van der Waals surface area contributed by atoms with Crippen molar-refractivity contribution in [3.63, 3.8) is 0 Å². The molecule has 1 heterocycles. The van der Waals surface area contributed by atoms with E-state index in [1.807, 2.05) is 6.92 Å². The summed E-state index contributed by atoms with van der Waals surface area (Å²) in [6.45, 7) is 5.67. The number of rotatable bonds is 2. The number of carboxylic acid groups (broad SMARTS) is 1. The predicted octanol–water partition coefficient (Wildman–Crippen LogP) is 1.97. The van der Waals surface area contributed by atoms with Crippen molar-refractivity contribution in [1.29, 1.82) is 0 Å². The minimum absolute atomic E-state index is 0.472. The zero-order valence-electron chi connectivity index (χ0n) is 9.70. The summed E-state index contributed by atoms with van der Waals surface area (Å²) in [7, 11) is 0. The number of hydrogen-bond acceptors (Lipinski definition) is 2. The van der Waals surface area contributed by atoms with Gasteiger partial charge in [0.1, 0.15) is 0 Å². The fourth-order valence-electron chi connectivity index (χ4n) is 2.98. The standard InChI is InChI=1S/C12H21NO2/c1-9-4-3-5-10(6-9)13-7-12(2,8-13)11(14)15/h9-10H,3-8H2,1-2H3,(H,14,15). The third kappa shape index (κ3) is 2.03. The van der Waals surface area contributed by atoms with Gasteiger partial charge < -0.3 is 5.11 Å². The van der Waals surface area contributed by atoms with Crippen molar-refractivity contribution < 1.29 is 9.90 Å². The molecule has 0 bridgehead atoms. The van der Waals surface area contributed by atoms with E-state index >= 15 is 0 Å². The van der Waals surface area contributed by atoms with Crippen molar-refractivity contribution >= 4 is 5.97 Å². The van der Waals surface area contributed by atoms with Gasteiger partial charge in [0.05, 0.1) is 5.41 Å². The van der Waals surface area contributed by atoms with Gasteiger partial charge in [-0.2, -0.15) is 0 Å². The normalized spacial score (nSPS) is 35.9. The highest BCUT2D eigenvalue weighted by molar-refractivity contribution is 5.76. The number of carbonyl (C=O) groups is 1. The fourth-order valence-corrected chi connectivity index (χ4v) is 2.98. The van der Waals surface area contributed by atoms with Crippen LogP contribution in [0, 0.1) is 11.3 Å². The van der Waals surface area contributed by atoms with Crippen molar-refractivity contribution in [3.8, 4) is 0 Å². The molecular formula is C12H21NO2. The van der Waals surface area contributed by atoms with Crippen LogP contribution in [-0.4, -0.2) is 35.1 Å². The monoisotopic (exact) mass is 211 g/mol. The van der Waals surface area contributed by atoms with Gasteiger partial charge in [-0.25, -0.2) is 0 Å². The van der Waals surface area contributed by atoms with Gasteiger partial charge in [0.25, 0.3) is 0 Å². The van der Waals surface area contributed by atoms with E-state index in [0.717, 1.165) is 19.0 Å². The lowest BCUT2D eigenvalue weighted by molar-refractivity contribution is -0.161. The molecule has 1 aliphatic heterocycles. The second kappa shape index (κ2) is 3.78. The molecule has 2 unspecified atom stereocenters. The Kier molecular flexibility index (Phi) is 2.75. The molecule has 0 aromatic carbocycles. The SMILES string of the molecule is CC1CCCC(N2CC(C)(C(=O)O)C2)C1. The largest absolute Gasteiger partial charge is 0.481 e. The van der Waals surface area contributed by atoms with Gasteiger partial charge in [0.15, 0.2) is 0 Å². The molecular weight excluding hydrogens is 190 g/mol. The summed E-state index contributed by atoms with van der Waals surface area (Å²) in [5.74, 6) is 0.183. The van der Waals surface area contributed by atoms with Gasteiger partial charge in [-0.15, -0.1) is 0 Å². The van der Waals surface area contributed by atoms with E-state index in [0.29, 0.717) is 6.04 Å². The van der Waals surface area contributed by atoms with E-state index in [9.17, 15) is 4.79 Å². The van der Waals surface area contributed by atoms with E-state index in [2.05, 4.69) is 11.8 Å². The first-order valence-electron chi connectivity index (χ1n) is 5.99. The van der Waals surface area contributed by atoms with E-state index in [1.165, 1.54) is 25.7 Å². The minimum atomic E-state index is -0.636. The van der Waals surface area contributed by atoms with E-state index in [-0.39, 0.29) is 0 Å². The van der Waals surface area contributed by atoms with Gasteiger partial charge in [-0.05, 0) is 25.7 Å². The molecule has 3 nitrogen and oxygen atoms in total. The topological polar surface area (TPSA) is 40.5 Å². The van der Waals surface area contributed by atoms with Crippen LogP contribution >= 0.6 is 0 Å². The highest BCUT2D eigenvalue weighted by Crippen LogP contribution is 2.37. The molecule has 3 heteroatoms. The molecule has 1 saturated heterocycles. The molecule has 2 fully saturated rings. The average Bonchev–Trinajstić information content (AvgIpc) is 2.12. The first-order valence-corrected chi connectivity index (χ1v) is 5.99. The van der Waals surface area contributed by atoms with Crippen LogP contribution in [0.3, 0.4) is 0 Å². The molecule has 86 valence electrons. The molecule has 2 rings (SSSR count).